The Balaban J connectivity index is 2.13. The number of benzene rings is 1. The Morgan fingerprint density at radius 2 is 1.89 bits per heavy atom. The SMILES string of the molecule is CC1CCCCC1Nc1ccc(C(F)(F)F)cc1Cl. The van der Waals surface area contributed by atoms with Crippen molar-refractivity contribution in [3.63, 3.8) is 0 Å². The molecule has 1 fully saturated rings. The Morgan fingerprint density at radius 3 is 2.47 bits per heavy atom. The Hall–Kier alpha value is -0.900. The fraction of sp³-hybridized carbons (Fsp3) is 0.571. The maximum Gasteiger partial charge on any atom is 0.416 e. The Bertz CT molecular complexity index is 445. The topological polar surface area (TPSA) is 12.0 Å². The van der Waals surface area contributed by atoms with Gasteiger partial charge in [0.15, 0.2) is 0 Å². The van der Waals surface area contributed by atoms with E-state index in [1.54, 1.807) is 0 Å². The van der Waals surface area contributed by atoms with Crippen LogP contribution in [0.25, 0.3) is 0 Å². The fourth-order valence-corrected chi connectivity index (χ4v) is 2.77. The summed E-state index contributed by atoms with van der Waals surface area (Å²) in [7, 11) is 0. The maximum atomic E-state index is 12.5. The number of anilines is 1. The highest BCUT2D eigenvalue weighted by atomic mass is 35.5. The van der Waals surface area contributed by atoms with Crippen molar-refractivity contribution < 1.29 is 13.2 Å². The van der Waals surface area contributed by atoms with E-state index in [0.29, 0.717) is 17.6 Å². The van der Waals surface area contributed by atoms with Crippen LogP contribution in [0.4, 0.5) is 18.9 Å². The predicted octanol–water partition coefficient (Wildman–Crippen LogP) is 5.35. The minimum atomic E-state index is -4.35. The average Bonchev–Trinajstić information content (AvgIpc) is 2.33. The third kappa shape index (κ3) is 3.56. The smallest absolute Gasteiger partial charge is 0.381 e. The Kier molecular flexibility index (Phi) is 4.29. The lowest BCUT2D eigenvalue weighted by molar-refractivity contribution is -0.137. The standard InChI is InChI=1S/C14H17ClF3N/c1-9-4-2-3-5-12(9)19-13-7-6-10(8-11(13)15)14(16,17)18/h6-9,12,19H,2-5H2,1H3. The molecule has 0 spiro atoms. The lowest BCUT2D eigenvalue weighted by Crippen LogP contribution is -2.30. The highest BCUT2D eigenvalue weighted by molar-refractivity contribution is 6.33. The molecule has 0 amide bonds. The van der Waals surface area contributed by atoms with E-state index in [-0.39, 0.29) is 5.02 Å². The molecule has 1 saturated carbocycles. The molecule has 0 bridgehead atoms. The molecule has 1 N–H and O–H groups in total. The molecule has 0 aromatic heterocycles. The van der Waals surface area contributed by atoms with Crippen molar-refractivity contribution in [2.45, 2.75) is 44.8 Å². The van der Waals surface area contributed by atoms with Gasteiger partial charge in [-0.05, 0) is 37.0 Å². The van der Waals surface area contributed by atoms with Crippen molar-refractivity contribution in [2.24, 2.45) is 5.92 Å². The number of halogens is 4. The summed E-state index contributed by atoms with van der Waals surface area (Å²) < 4.78 is 37.6. The second-order valence-corrected chi connectivity index (χ2v) is 5.61. The third-order valence-electron chi connectivity index (χ3n) is 3.75. The molecule has 1 aromatic rings. The van der Waals surface area contributed by atoms with Gasteiger partial charge in [0.05, 0.1) is 16.3 Å². The summed E-state index contributed by atoms with van der Waals surface area (Å²) in [6.07, 6.45) is 0.217. The summed E-state index contributed by atoms with van der Waals surface area (Å²) in [6.45, 7) is 2.16. The molecule has 0 radical (unpaired) electrons. The summed E-state index contributed by atoms with van der Waals surface area (Å²) >= 11 is 5.94. The molecule has 2 rings (SSSR count). The highest BCUT2D eigenvalue weighted by Gasteiger charge is 2.31. The molecule has 2 atom stereocenters. The summed E-state index contributed by atoms with van der Waals surface area (Å²) in [5, 5.41) is 3.41. The second-order valence-electron chi connectivity index (χ2n) is 5.20. The van der Waals surface area contributed by atoms with Gasteiger partial charge in [-0.25, -0.2) is 0 Å². The second kappa shape index (κ2) is 5.61. The van der Waals surface area contributed by atoms with Crippen molar-refractivity contribution in [1.29, 1.82) is 0 Å². The molecule has 106 valence electrons. The van der Waals surface area contributed by atoms with Crippen molar-refractivity contribution in [3.8, 4) is 0 Å². The first-order valence-corrected chi connectivity index (χ1v) is 6.89. The zero-order valence-corrected chi connectivity index (χ0v) is 11.5. The van der Waals surface area contributed by atoms with Crippen LogP contribution in [0.5, 0.6) is 0 Å². The van der Waals surface area contributed by atoms with Crippen LogP contribution in [0.1, 0.15) is 38.2 Å². The van der Waals surface area contributed by atoms with E-state index in [1.165, 1.54) is 12.5 Å². The Labute approximate surface area is 116 Å². The van der Waals surface area contributed by atoms with Gasteiger partial charge in [0.1, 0.15) is 0 Å². The van der Waals surface area contributed by atoms with Crippen LogP contribution in [-0.4, -0.2) is 6.04 Å². The van der Waals surface area contributed by atoms with Gasteiger partial charge in [-0.3, -0.25) is 0 Å². The molecule has 19 heavy (non-hydrogen) atoms. The van der Waals surface area contributed by atoms with Gasteiger partial charge in [-0.2, -0.15) is 13.2 Å². The van der Waals surface area contributed by atoms with Crippen LogP contribution in [0.2, 0.25) is 5.02 Å². The summed E-state index contributed by atoms with van der Waals surface area (Å²) in [6, 6.07) is 3.77. The van der Waals surface area contributed by atoms with Crippen molar-refractivity contribution in [1.82, 2.24) is 0 Å². The van der Waals surface area contributed by atoms with Crippen LogP contribution in [-0.2, 0) is 6.18 Å². The number of alkyl halides is 3. The van der Waals surface area contributed by atoms with E-state index in [1.807, 2.05) is 0 Å². The van der Waals surface area contributed by atoms with Crippen molar-refractivity contribution >= 4 is 17.3 Å². The lowest BCUT2D eigenvalue weighted by Gasteiger charge is -2.30. The quantitative estimate of drug-likeness (QED) is 0.774. The average molecular weight is 292 g/mol. The van der Waals surface area contributed by atoms with E-state index in [9.17, 15) is 13.2 Å². The van der Waals surface area contributed by atoms with Gasteiger partial charge in [0.2, 0.25) is 0 Å². The molecule has 2 unspecified atom stereocenters. The normalized spacial score (nSPS) is 24.3. The molecule has 0 heterocycles. The lowest BCUT2D eigenvalue weighted by atomic mass is 9.86. The fourth-order valence-electron chi connectivity index (χ4n) is 2.54. The third-order valence-corrected chi connectivity index (χ3v) is 4.06. The molecule has 1 aliphatic rings. The van der Waals surface area contributed by atoms with E-state index < -0.39 is 11.7 Å². The molecule has 5 heteroatoms. The summed E-state index contributed by atoms with van der Waals surface area (Å²) in [4.78, 5) is 0. The van der Waals surface area contributed by atoms with E-state index in [2.05, 4.69) is 12.2 Å². The van der Waals surface area contributed by atoms with Crippen LogP contribution in [0.15, 0.2) is 18.2 Å². The Morgan fingerprint density at radius 1 is 1.21 bits per heavy atom. The van der Waals surface area contributed by atoms with Gasteiger partial charge >= 0.3 is 6.18 Å². The van der Waals surface area contributed by atoms with E-state index in [0.717, 1.165) is 31.4 Å². The molecule has 1 aliphatic carbocycles. The number of nitrogens with one attached hydrogen (secondary N) is 1. The van der Waals surface area contributed by atoms with Crippen molar-refractivity contribution in [3.05, 3.63) is 28.8 Å². The van der Waals surface area contributed by atoms with Gasteiger partial charge in [0, 0.05) is 6.04 Å². The van der Waals surface area contributed by atoms with Crippen LogP contribution in [0.3, 0.4) is 0 Å². The molecular formula is C14H17ClF3N. The molecule has 0 saturated heterocycles. The number of rotatable bonds is 2. The van der Waals surface area contributed by atoms with Gasteiger partial charge < -0.3 is 5.32 Å². The largest absolute Gasteiger partial charge is 0.416 e. The molecular weight excluding hydrogens is 275 g/mol. The van der Waals surface area contributed by atoms with Gasteiger partial charge in [-0.15, -0.1) is 0 Å². The number of hydrogen-bond donors (Lipinski definition) is 1. The monoisotopic (exact) mass is 291 g/mol. The first kappa shape index (κ1) is 14.5. The zero-order valence-electron chi connectivity index (χ0n) is 10.7. The summed E-state index contributed by atoms with van der Waals surface area (Å²) in [5.41, 5.74) is -0.117. The first-order valence-electron chi connectivity index (χ1n) is 6.51. The minimum absolute atomic E-state index is 0.132. The van der Waals surface area contributed by atoms with Crippen LogP contribution < -0.4 is 5.32 Å². The van der Waals surface area contributed by atoms with Crippen LogP contribution in [0, 0.1) is 5.92 Å². The predicted molar refractivity (Wildman–Crippen MR) is 71.5 cm³/mol. The first-order chi connectivity index (χ1) is 8.88. The van der Waals surface area contributed by atoms with E-state index in [4.69, 9.17) is 11.6 Å². The molecule has 1 nitrogen and oxygen atoms in total. The van der Waals surface area contributed by atoms with E-state index >= 15 is 0 Å². The maximum absolute atomic E-state index is 12.5. The number of hydrogen-bond acceptors (Lipinski definition) is 1. The minimum Gasteiger partial charge on any atom is -0.381 e. The van der Waals surface area contributed by atoms with Crippen LogP contribution >= 0.6 is 11.6 Å². The van der Waals surface area contributed by atoms with Crippen molar-refractivity contribution in [2.75, 3.05) is 5.32 Å². The summed E-state index contributed by atoms with van der Waals surface area (Å²) in [5.74, 6) is 0.520. The molecule has 0 aliphatic heterocycles. The zero-order chi connectivity index (χ0) is 14.0. The highest BCUT2D eigenvalue weighted by Crippen LogP contribution is 2.35. The molecule has 1 aromatic carbocycles. The van der Waals surface area contributed by atoms with Gasteiger partial charge in [-0.1, -0.05) is 31.4 Å². The van der Waals surface area contributed by atoms with Gasteiger partial charge in [0.25, 0.3) is 0 Å².